The van der Waals surface area contributed by atoms with Gasteiger partial charge in [-0.1, -0.05) is 0 Å². The molecule has 0 aliphatic carbocycles. The van der Waals surface area contributed by atoms with Gasteiger partial charge >= 0.3 is 0 Å². The van der Waals surface area contributed by atoms with Crippen LogP contribution in [0.5, 0.6) is 5.75 Å². The molecule has 0 saturated carbocycles. The molecule has 0 radical (unpaired) electrons. The average Bonchev–Trinajstić information content (AvgIpc) is 2.75. The largest absolute Gasteiger partial charge is 0.507 e. The molecule has 2 N–H and O–H groups in total. The molecule has 0 aliphatic rings. The van der Waals surface area contributed by atoms with Gasteiger partial charge in [0, 0.05) is 23.0 Å². The van der Waals surface area contributed by atoms with Crippen molar-refractivity contribution in [1.29, 1.82) is 0 Å². The smallest absolute Gasteiger partial charge is 0.255 e. The van der Waals surface area contributed by atoms with Crippen LogP contribution in [0.2, 0.25) is 0 Å². The van der Waals surface area contributed by atoms with Crippen LogP contribution in [0.15, 0.2) is 30.6 Å². The summed E-state index contributed by atoms with van der Waals surface area (Å²) in [6.45, 7) is 0.327. The van der Waals surface area contributed by atoms with Gasteiger partial charge in [-0.05, 0) is 40.8 Å². The minimum absolute atomic E-state index is 0.0206. The lowest BCUT2D eigenvalue weighted by atomic mass is 10.2. The first-order chi connectivity index (χ1) is 8.58. The molecule has 0 fully saturated rings. The van der Waals surface area contributed by atoms with Crippen LogP contribution >= 0.6 is 22.6 Å². The minimum Gasteiger partial charge on any atom is -0.507 e. The van der Waals surface area contributed by atoms with Crippen LogP contribution < -0.4 is 5.32 Å². The number of hydrogen-bond acceptors (Lipinski definition) is 3. The van der Waals surface area contributed by atoms with E-state index < -0.39 is 0 Å². The maximum atomic E-state index is 11.9. The van der Waals surface area contributed by atoms with Crippen molar-refractivity contribution in [2.75, 3.05) is 0 Å². The predicted molar refractivity (Wildman–Crippen MR) is 75.2 cm³/mol. The third kappa shape index (κ3) is 2.81. The van der Waals surface area contributed by atoms with E-state index in [9.17, 15) is 9.90 Å². The van der Waals surface area contributed by atoms with Crippen LogP contribution in [0.25, 0.3) is 0 Å². The summed E-state index contributed by atoms with van der Waals surface area (Å²) in [5, 5.41) is 12.4. The van der Waals surface area contributed by atoms with Crippen LogP contribution in [0.1, 0.15) is 16.2 Å². The van der Waals surface area contributed by atoms with Gasteiger partial charge in [-0.2, -0.15) is 0 Å². The molecule has 94 valence electrons. The Hall–Kier alpha value is -1.57. The van der Waals surface area contributed by atoms with E-state index in [0.29, 0.717) is 6.54 Å². The molecule has 5 nitrogen and oxygen atoms in total. The SMILES string of the molecule is Cn1ccnc1CNC(=O)c1cc(I)ccc1O. The fraction of sp³-hybridized carbons (Fsp3) is 0.167. The molecule has 2 rings (SSSR count). The van der Waals surface area contributed by atoms with Gasteiger partial charge in [0.15, 0.2) is 0 Å². The highest BCUT2D eigenvalue weighted by Gasteiger charge is 2.11. The number of nitrogens with one attached hydrogen (secondary N) is 1. The zero-order chi connectivity index (χ0) is 13.1. The van der Waals surface area contributed by atoms with Gasteiger partial charge in [0.1, 0.15) is 11.6 Å². The van der Waals surface area contributed by atoms with Crippen molar-refractivity contribution in [3.05, 3.63) is 45.6 Å². The molecule has 1 aromatic heterocycles. The number of carbonyl (C=O) groups excluding carboxylic acids is 1. The molecule has 1 heterocycles. The Morgan fingerprint density at radius 2 is 2.33 bits per heavy atom. The Morgan fingerprint density at radius 3 is 3.00 bits per heavy atom. The second-order valence-electron chi connectivity index (χ2n) is 3.80. The van der Waals surface area contributed by atoms with E-state index in [1.54, 1.807) is 18.3 Å². The molecule has 0 atom stereocenters. The maximum absolute atomic E-state index is 11.9. The Labute approximate surface area is 118 Å². The summed E-state index contributed by atoms with van der Waals surface area (Å²) in [6.07, 6.45) is 3.48. The number of aryl methyl sites for hydroxylation is 1. The van der Waals surface area contributed by atoms with Crippen molar-refractivity contribution in [3.63, 3.8) is 0 Å². The highest BCUT2D eigenvalue weighted by molar-refractivity contribution is 14.1. The maximum Gasteiger partial charge on any atom is 0.255 e. The zero-order valence-electron chi connectivity index (χ0n) is 9.72. The number of imidazole rings is 1. The monoisotopic (exact) mass is 357 g/mol. The minimum atomic E-state index is -0.311. The summed E-state index contributed by atoms with van der Waals surface area (Å²) >= 11 is 2.09. The number of rotatable bonds is 3. The molecular weight excluding hydrogens is 345 g/mol. The molecule has 0 bridgehead atoms. The molecule has 0 spiro atoms. The lowest BCUT2D eigenvalue weighted by Crippen LogP contribution is -2.24. The number of phenols is 1. The van der Waals surface area contributed by atoms with Crippen LogP contribution in [-0.2, 0) is 13.6 Å². The van der Waals surface area contributed by atoms with Gasteiger partial charge in [-0.15, -0.1) is 0 Å². The molecule has 6 heteroatoms. The summed E-state index contributed by atoms with van der Waals surface area (Å²) in [5.41, 5.74) is 0.274. The number of hydrogen-bond donors (Lipinski definition) is 2. The van der Waals surface area contributed by atoms with Crippen molar-refractivity contribution >= 4 is 28.5 Å². The molecule has 1 amide bonds. The lowest BCUT2D eigenvalue weighted by Gasteiger charge is -2.07. The zero-order valence-corrected chi connectivity index (χ0v) is 11.9. The van der Waals surface area contributed by atoms with Gasteiger partial charge in [0.2, 0.25) is 0 Å². The first kappa shape index (κ1) is 12.9. The van der Waals surface area contributed by atoms with Gasteiger partial charge in [-0.3, -0.25) is 4.79 Å². The van der Waals surface area contributed by atoms with Crippen LogP contribution in [-0.4, -0.2) is 20.6 Å². The standard InChI is InChI=1S/C12H12IN3O2/c1-16-5-4-14-11(16)7-15-12(18)9-6-8(13)2-3-10(9)17/h2-6,17H,7H2,1H3,(H,15,18). The summed E-state index contributed by atoms with van der Waals surface area (Å²) < 4.78 is 2.72. The van der Waals surface area contributed by atoms with E-state index in [-0.39, 0.29) is 17.2 Å². The molecule has 0 aliphatic heterocycles. The highest BCUT2D eigenvalue weighted by atomic mass is 127. The third-order valence-corrected chi connectivity index (χ3v) is 3.20. The number of amides is 1. The number of aromatic nitrogens is 2. The van der Waals surface area contributed by atoms with Crippen molar-refractivity contribution in [1.82, 2.24) is 14.9 Å². The van der Waals surface area contributed by atoms with Crippen LogP contribution in [0, 0.1) is 3.57 Å². The summed E-state index contributed by atoms with van der Waals surface area (Å²) in [4.78, 5) is 16.0. The van der Waals surface area contributed by atoms with Gasteiger partial charge in [0.05, 0.1) is 12.1 Å². The van der Waals surface area contributed by atoms with Crippen molar-refractivity contribution in [2.24, 2.45) is 7.05 Å². The molecule has 0 saturated heterocycles. The normalized spacial score (nSPS) is 10.3. The van der Waals surface area contributed by atoms with Crippen molar-refractivity contribution in [3.8, 4) is 5.75 Å². The van der Waals surface area contributed by atoms with E-state index in [1.807, 2.05) is 17.8 Å². The number of carbonyl (C=O) groups is 1. The van der Waals surface area contributed by atoms with E-state index in [2.05, 4.69) is 32.9 Å². The van der Waals surface area contributed by atoms with Crippen molar-refractivity contribution in [2.45, 2.75) is 6.54 Å². The second kappa shape index (κ2) is 5.38. The summed E-state index contributed by atoms with van der Waals surface area (Å²) in [7, 11) is 1.86. The molecule has 18 heavy (non-hydrogen) atoms. The quantitative estimate of drug-likeness (QED) is 0.822. The fourth-order valence-electron chi connectivity index (χ4n) is 1.51. The van der Waals surface area contributed by atoms with Gasteiger partial charge in [-0.25, -0.2) is 4.98 Å². The number of halogens is 1. The van der Waals surface area contributed by atoms with E-state index in [4.69, 9.17) is 0 Å². The van der Waals surface area contributed by atoms with Crippen LogP contribution in [0.4, 0.5) is 0 Å². The van der Waals surface area contributed by atoms with E-state index >= 15 is 0 Å². The second-order valence-corrected chi connectivity index (χ2v) is 5.04. The Morgan fingerprint density at radius 1 is 1.56 bits per heavy atom. The lowest BCUT2D eigenvalue weighted by molar-refractivity contribution is 0.0947. The van der Waals surface area contributed by atoms with Gasteiger partial charge in [0.25, 0.3) is 5.91 Å². The van der Waals surface area contributed by atoms with Crippen molar-refractivity contribution < 1.29 is 9.90 Å². The Bertz CT molecular complexity index is 580. The number of aromatic hydroxyl groups is 1. The molecule has 2 aromatic rings. The predicted octanol–water partition coefficient (Wildman–Crippen LogP) is 1.66. The fourth-order valence-corrected chi connectivity index (χ4v) is 2.00. The molecule has 1 aromatic carbocycles. The first-order valence-corrected chi connectivity index (χ1v) is 6.38. The molecular formula is C12H12IN3O2. The third-order valence-electron chi connectivity index (χ3n) is 2.53. The van der Waals surface area contributed by atoms with Gasteiger partial charge < -0.3 is 15.0 Å². The number of phenolic OH excluding ortho intramolecular Hbond substituents is 1. The first-order valence-electron chi connectivity index (χ1n) is 5.31. The summed E-state index contributed by atoms with van der Waals surface area (Å²) in [5.74, 6) is 0.426. The number of benzene rings is 1. The molecule has 0 unspecified atom stereocenters. The Kier molecular flexibility index (Phi) is 3.85. The van der Waals surface area contributed by atoms with E-state index in [1.165, 1.54) is 6.07 Å². The van der Waals surface area contributed by atoms with Crippen LogP contribution in [0.3, 0.4) is 0 Å². The summed E-state index contributed by atoms with van der Waals surface area (Å²) in [6, 6.07) is 4.90. The average molecular weight is 357 g/mol. The topological polar surface area (TPSA) is 67.2 Å². The highest BCUT2D eigenvalue weighted by Crippen LogP contribution is 2.19. The number of nitrogens with zero attached hydrogens (tertiary/aromatic N) is 2. The van der Waals surface area contributed by atoms with E-state index in [0.717, 1.165) is 9.39 Å². The Balaban J connectivity index is 2.08.